The van der Waals surface area contributed by atoms with E-state index in [0.29, 0.717) is 24.3 Å². The fourth-order valence-corrected chi connectivity index (χ4v) is 5.62. The Hall–Kier alpha value is -2.54. The van der Waals surface area contributed by atoms with Crippen molar-refractivity contribution in [1.29, 1.82) is 0 Å². The van der Waals surface area contributed by atoms with Crippen LogP contribution in [-0.4, -0.2) is 57.0 Å². The molecule has 0 aliphatic carbocycles. The summed E-state index contributed by atoms with van der Waals surface area (Å²) in [6.07, 6.45) is 0.474. The maximum atomic E-state index is 13.3. The highest BCUT2D eigenvalue weighted by Crippen LogP contribution is 2.24. The number of hydrogen-bond acceptors (Lipinski definition) is 5. The number of amides is 1. The molecule has 1 aliphatic rings. The number of methoxy groups -OCH3 is 1. The fraction of sp³-hybridized carbons (Fsp3) is 0.435. The SMILES string of the molecule is CCN(CC)c1ccc(CN(C(=O)c2ccc(OC)cc2)[C@@H]2CCS(=O)(=O)C2)cc1. The largest absolute Gasteiger partial charge is 0.497 e. The summed E-state index contributed by atoms with van der Waals surface area (Å²) in [6.45, 7) is 6.47. The molecule has 0 radical (unpaired) electrons. The molecule has 0 bridgehead atoms. The van der Waals surface area contributed by atoms with Crippen molar-refractivity contribution in [2.45, 2.75) is 32.9 Å². The summed E-state index contributed by atoms with van der Waals surface area (Å²) < 4.78 is 29.3. The fourth-order valence-electron chi connectivity index (χ4n) is 3.88. The predicted octanol–water partition coefficient (Wildman–Crippen LogP) is 3.37. The number of carbonyl (C=O) groups excluding carboxylic acids is 1. The molecule has 0 spiro atoms. The lowest BCUT2D eigenvalue weighted by molar-refractivity contribution is 0.0681. The zero-order valence-corrected chi connectivity index (χ0v) is 18.7. The van der Waals surface area contributed by atoms with Gasteiger partial charge in [-0.2, -0.15) is 0 Å². The second-order valence-corrected chi connectivity index (χ2v) is 9.79. The van der Waals surface area contributed by atoms with Gasteiger partial charge in [-0.15, -0.1) is 0 Å². The van der Waals surface area contributed by atoms with Crippen molar-refractivity contribution in [1.82, 2.24) is 4.90 Å². The van der Waals surface area contributed by atoms with Crippen molar-refractivity contribution in [3.63, 3.8) is 0 Å². The molecule has 2 aromatic carbocycles. The number of benzene rings is 2. The van der Waals surface area contributed by atoms with Crippen LogP contribution in [0.25, 0.3) is 0 Å². The summed E-state index contributed by atoms with van der Waals surface area (Å²) in [5.74, 6) is 0.665. The third-order valence-electron chi connectivity index (χ3n) is 5.66. The van der Waals surface area contributed by atoms with Crippen LogP contribution in [0.5, 0.6) is 5.75 Å². The molecule has 1 saturated heterocycles. The van der Waals surface area contributed by atoms with Gasteiger partial charge in [0.05, 0.1) is 18.6 Å². The van der Waals surface area contributed by atoms with Crippen molar-refractivity contribution in [3.8, 4) is 5.75 Å². The Morgan fingerprint density at radius 3 is 2.17 bits per heavy atom. The number of anilines is 1. The van der Waals surface area contributed by atoms with Gasteiger partial charge in [-0.1, -0.05) is 12.1 Å². The minimum atomic E-state index is -3.10. The molecule has 1 fully saturated rings. The van der Waals surface area contributed by atoms with Crippen LogP contribution in [0.4, 0.5) is 5.69 Å². The smallest absolute Gasteiger partial charge is 0.254 e. The van der Waals surface area contributed by atoms with E-state index in [1.54, 1.807) is 36.3 Å². The van der Waals surface area contributed by atoms with Crippen LogP contribution in [0.1, 0.15) is 36.2 Å². The highest BCUT2D eigenvalue weighted by Gasteiger charge is 2.35. The zero-order valence-electron chi connectivity index (χ0n) is 17.9. The maximum absolute atomic E-state index is 13.3. The van der Waals surface area contributed by atoms with E-state index in [9.17, 15) is 13.2 Å². The average molecular weight is 431 g/mol. The predicted molar refractivity (Wildman–Crippen MR) is 120 cm³/mol. The van der Waals surface area contributed by atoms with E-state index in [1.807, 2.05) is 12.1 Å². The summed E-state index contributed by atoms with van der Waals surface area (Å²) >= 11 is 0. The molecule has 1 heterocycles. The average Bonchev–Trinajstić information content (AvgIpc) is 3.13. The Bertz CT molecular complexity index is 952. The number of nitrogens with zero attached hydrogens (tertiary/aromatic N) is 2. The van der Waals surface area contributed by atoms with E-state index >= 15 is 0 Å². The molecule has 1 amide bonds. The number of sulfone groups is 1. The lowest BCUT2D eigenvalue weighted by Gasteiger charge is -2.29. The molecule has 1 aliphatic heterocycles. The topological polar surface area (TPSA) is 66.9 Å². The minimum Gasteiger partial charge on any atom is -0.497 e. The van der Waals surface area contributed by atoms with Gasteiger partial charge in [0.25, 0.3) is 5.91 Å². The maximum Gasteiger partial charge on any atom is 0.254 e. The third kappa shape index (κ3) is 5.14. The van der Waals surface area contributed by atoms with Gasteiger partial charge in [-0.05, 0) is 62.2 Å². The van der Waals surface area contributed by atoms with Crippen LogP contribution in [0, 0.1) is 0 Å². The molecule has 0 unspecified atom stereocenters. The molecule has 0 N–H and O–H groups in total. The molecule has 1 atom stereocenters. The van der Waals surface area contributed by atoms with Crippen LogP contribution < -0.4 is 9.64 Å². The number of rotatable bonds is 8. The Balaban J connectivity index is 1.85. The van der Waals surface area contributed by atoms with Crippen molar-refractivity contribution < 1.29 is 17.9 Å². The Morgan fingerprint density at radius 2 is 1.67 bits per heavy atom. The van der Waals surface area contributed by atoms with Gasteiger partial charge in [0.15, 0.2) is 9.84 Å². The molecule has 2 aromatic rings. The molecule has 30 heavy (non-hydrogen) atoms. The minimum absolute atomic E-state index is 0.0203. The van der Waals surface area contributed by atoms with E-state index < -0.39 is 9.84 Å². The molecule has 162 valence electrons. The second kappa shape index (κ2) is 9.51. The van der Waals surface area contributed by atoms with E-state index in [-0.39, 0.29) is 23.5 Å². The van der Waals surface area contributed by atoms with Gasteiger partial charge in [-0.25, -0.2) is 8.42 Å². The first-order valence-corrected chi connectivity index (χ1v) is 12.2. The van der Waals surface area contributed by atoms with Crippen molar-refractivity contribution >= 4 is 21.4 Å². The molecular formula is C23H30N2O4S. The normalized spacial score (nSPS) is 17.5. The van der Waals surface area contributed by atoms with Gasteiger partial charge in [-0.3, -0.25) is 4.79 Å². The number of ether oxygens (including phenoxy) is 1. The molecule has 0 saturated carbocycles. The van der Waals surface area contributed by atoms with Gasteiger partial charge < -0.3 is 14.5 Å². The van der Waals surface area contributed by atoms with Crippen LogP contribution in [0.3, 0.4) is 0 Å². The molecule has 0 aromatic heterocycles. The molecule has 7 heteroatoms. The van der Waals surface area contributed by atoms with Gasteiger partial charge in [0.1, 0.15) is 5.75 Å². The van der Waals surface area contributed by atoms with Gasteiger partial charge in [0.2, 0.25) is 0 Å². The van der Waals surface area contributed by atoms with Crippen molar-refractivity contribution in [3.05, 3.63) is 59.7 Å². The highest BCUT2D eigenvalue weighted by molar-refractivity contribution is 7.91. The van der Waals surface area contributed by atoms with E-state index in [4.69, 9.17) is 4.74 Å². The monoisotopic (exact) mass is 430 g/mol. The summed E-state index contributed by atoms with van der Waals surface area (Å²) in [5.41, 5.74) is 2.65. The Labute approximate surface area is 179 Å². The summed E-state index contributed by atoms with van der Waals surface area (Å²) in [6, 6.07) is 14.8. The first kappa shape index (κ1) is 22.2. The van der Waals surface area contributed by atoms with Crippen molar-refractivity contribution in [2.75, 3.05) is 36.6 Å². The summed E-state index contributed by atoms with van der Waals surface area (Å²) in [7, 11) is -1.53. The van der Waals surface area contributed by atoms with Gasteiger partial charge >= 0.3 is 0 Å². The van der Waals surface area contributed by atoms with Crippen LogP contribution >= 0.6 is 0 Å². The van der Waals surface area contributed by atoms with Crippen LogP contribution in [0.15, 0.2) is 48.5 Å². The molecule has 3 rings (SSSR count). The zero-order chi connectivity index (χ0) is 21.7. The highest BCUT2D eigenvalue weighted by atomic mass is 32.2. The number of hydrogen-bond donors (Lipinski definition) is 0. The lowest BCUT2D eigenvalue weighted by Crippen LogP contribution is -2.40. The van der Waals surface area contributed by atoms with Crippen molar-refractivity contribution in [2.24, 2.45) is 0 Å². The van der Waals surface area contributed by atoms with E-state index in [2.05, 4.69) is 30.9 Å². The standard InChI is InChI=1S/C23H30N2O4S/c1-4-24(5-2)20-10-6-18(7-11-20)16-25(21-14-15-30(27,28)17-21)23(26)19-8-12-22(29-3)13-9-19/h6-13,21H,4-5,14-17H2,1-3H3/t21-/m1/s1. The summed E-state index contributed by atoms with van der Waals surface area (Å²) in [5, 5.41) is 0. The van der Waals surface area contributed by atoms with Crippen LogP contribution in [0.2, 0.25) is 0 Å². The van der Waals surface area contributed by atoms with E-state index in [1.165, 1.54) is 0 Å². The molecular weight excluding hydrogens is 400 g/mol. The van der Waals surface area contributed by atoms with Gasteiger partial charge in [0, 0.05) is 36.9 Å². The Morgan fingerprint density at radius 1 is 1.03 bits per heavy atom. The first-order chi connectivity index (χ1) is 14.4. The second-order valence-electron chi connectivity index (χ2n) is 7.56. The Kier molecular flexibility index (Phi) is 7.02. The quantitative estimate of drug-likeness (QED) is 0.642. The molecule has 6 nitrogen and oxygen atoms in total. The summed E-state index contributed by atoms with van der Waals surface area (Å²) in [4.78, 5) is 17.3. The third-order valence-corrected chi connectivity index (χ3v) is 7.42. The first-order valence-electron chi connectivity index (χ1n) is 10.4. The number of carbonyl (C=O) groups is 1. The lowest BCUT2D eigenvalue weighted by atomic mass is 10.1. The van der Waals surface area contributed by atoms with E-state index in [0.717, 1.165) is 24.3 Å². The van der Waals surface area contributed by atoms with Crippen LogP contribution in [-0.2, 0) is 16.4 Å².